The molecular formula is C16H15BClN3O4S. The molecule has 0 atom stereocenters. The Morgan fingerprint density at radius 2 is 2.00 bits per heavy atom. The number of sulfonamides is 1. The summed E-state index contributed by atoms with van der Waals surface area (Å²) in [7, 11) is -5.67. The highest BCUT2D eigenvalue weighted by molar-refractivity contribution is 7.90. The number of hydrogen-bond acceptors (Lipinski definition) is 5. The van der Waals surface area contributed by atoms with Crippen LogP contribution in [-0.2, 0) is 14.8 Å². The first-order chi connectivity index (χ1) is 12.2. The van der Waals surface area contributed by atoms with E-state index in [0.29, 0.717) is 21.0 Å². The molecule has 0 unspecified atom stereocenters. The van der Waals surface area contributed by atoms with Gasteiger partial charge < -0.3 is 10.3 Å². The van der Waals surface area contributed by atoms with Gasteiger partial charge in [0.1, 0.15) is 4.90 Å². The van der Waals surface area contributed by atoms with Crippen molar-refractivity contribution in [2.75, 3.05) is 5.32 Å². The van der Waals surface area contributed by atoms with E-state index >= 15 is 0 Å². The summed E-state index contributed by atoms with van der Waals surface area (Å²) in [5, 5.41) is 16.8. The molecule has 10 heteroatoms. The van der Waals surface area contributed by atoms with Gasteiger partial charge in [-0.05, 0) is 36.1 Å². The van der Waals surface area contributed by atoms with Crippen LogP contribution >= 0.6 is 11.6 Å². The molecule has 26 heavy (non-hydrogen) atoms. The average Bonchev–Trinajstić information content (AvgIpc) is 2.53. The van der Waals surface area contributed by atoms with E-state index in [9.17, 15) is 18.2 Å². The van der Waals surface area contributed by atoms with Crippen molar-refractivity contribution in [3.05, 3.63) is 52.5 Å². The van der Waals surface area contributed by atoms with Gasteiger partial charge >= 0.3 is 7.05 Å². The zero-order chi connectivity index (χ0) is 19.1. The summed E-state index contributed by atoms with van der Waals surface area (Å²) >= 11 is 6.09. The number of rotatable bonds is 3. The lowest BCUT2D eigenvalue weighted by Crippen LogP contribution is -2.52. The van der Waals surface area contributed by atoms with Crippen molar-refractivity contribution in [2.45, 2.75) is 18.7 Å². The molecule has 0 bridgehead atoms. The van der Waals surface area contributed by atoms with E-state index in [1.807, 2.05) is 6.92 Å². The molecule has 1 aliphatic heterocycles. The van der Waals surface area contributed by atoms with Gasteiger partial charge in [0.15, 0.2) is 0 Å². The van der Waals surface area contributed by atoms with Crippen LogP contribution in [0.2, 0.25) is 5.02 Å². The number of nitrogens with zero attached hydrogens (tertiary/aromatic N) is 2. The van der Waals surface area contributed by atoms with Crippen LogP contribution in [0.5, 0.6) is 0 Å². The average molecular weight is 392 g/mol. The fourth-order valence-corrected chi connectivity index (χ4v) is 4.40. The first-order valence-corrected chi connectivity index (χ1v) is 9.46. The lowest BCUT2D eigenvalue weighted by Gasteiger charge is -2.26. The van der Waals surface area contributed by atoms with E-state index in [1.54, 1.807) is 18.2 Å². The van der Waals surface area contributed by atoms with Crippen molar-refractivity contribution in [3.63, 3.8) is 0 Å². The second-order valence-corrected chi connectivity index (χ2v) is 8.03. The van der Waals surface area contributed by atoms with Gasteiger partial charge in [-0.25, -0.2) is 8.42 Å². The Balaban J connectivity index is 1.99. The maximum Gasteiger partial charge on any atom is 0.484 e. The second-order valence-electron chi connectivity index (χ2n) is 5.85. The molecule has 0 fully saturated rings. The molecule has 0 aromatic heterocycles. The third-order valence-corrected chi connectivity index (χ3v) is 5.94. The first kappa shape index (κ1) is 18.4. The zero-order valence-corrected chi connectivity index (χ0v) is 15.5. The molecule has 2 N–H and O–H groups in total. The van der Waals surface area contributed by atoms with Gasteiger partial charge in [0.25, 0.3) is 10.0 Å². The largest absolute Gasteiger partial charge is 0.484 e. The summed E-state index contributed by atoms with van der Waals surface area (Å²) < 4.78 is 26.4. The normalized spacial score (nSPS) is 13.5. The number of hydrazone groups is 1. The molecule has 1 heterocycles. The molecule has 2 aromatic rings. The quantitative estimate of drug-likeness (QED) is 0.771. The zero-order valence-electron chi connectivity index (χ0n) is 14.0. The summed E-state index contributed by atoms with van der Waals surface area (Å²) in [6.45, 7) is 3.22. The number of benzene rings is 2. The molecule has 1 amide bonds. The molecule has 7 nitrogen and oxygen atoms in total. The summed E-state index contributed by atoms with van der Waals surface area (Å²) in [6, 6.07) is 9.24. The number of carbonyl (C=O) groups excluding carboxylic acids is 1. The van der Waals surface area contributed by atoms with Crippen LogP contribution in [0.25, 0.3) is 0 Å². The maximum atomic E-state index is 12.9. The minimum Gasteiger partial charge on any atom is -0.427 e. The number of carbonyl (C=O) groups is 1. The van der Waals surface area contributed by atoms with Gasteiger partial charge in [-0.1, -0.05) is 35.4 Å². The molecule has 2 aromatic carbocycles. The summed E-state index contributed by atoms with van der Waals surface area (Å²) in [5.74, 6) is -0.306. The van der Waals surface area contributed by atoms with Crippen molar-refractivity contribution in [3.8, 4) is 0 Å². The monoisotopic (exact) mass is 391 g/mol. The molecule has 0 aliphatic carbocycles. The van der Waals surface area contributed by atoms with E-state index in [2.05, 4.69) is 10.4 Å². The van der Waals surface area contributed by atoms with Crippen LogP contribution in [-0.4, -0.2) is 36.9 Å². The molecule has 1 aliphatic rings. The van der Waals surface area contributed by atoms with Crippen molar-refractivity contribution >= 4 is 51.9 Å². The smallest absolute Gasteiger partial charge is 0.427 e. The van der Waals surface area contributed by atoms with E-state index in [-0.39, 0.29) is 15.8 Å². The van der Waals surface area contributed by atoms with Crippen molar-refractivity contribution in [1.82, 2.24) is 4.33 Å². The van der Waals surface area contributed by atoms with Gasteiger partial charge in [-0.15, -0.1) is 0 Å². The molecule has 0 spiro atoms. The van der Waals surface area contributed by atoms with Crippen molar-refractivity contribution in [2.24, 2.45) is 5.10 Å². The highest BCUT2D eigenvalue weighted by Crippen LogP contribution is 2.29. The molecule has 3 rings (SSSR count). The van der Waals surface area contributed by atoms with Gasteiger partial charge in [-0.2, -0.15) is 9.43 Å². The Kier molecular flexibility index (Phi) is 4.79. The number of amides is 1. The standard InChI is InChI=1S/C16H15BClN3O4S/c1-10-3-5-14-12(7-10)9-19-21(17(14)23)26(24,25)16-6-4-13(8-15(16)18)20-11(2)22/h3-9,23H,1-2H3,(H,20,22). The Morgan fingerprint density at radius 1 is 1.27 bits per heavy atom. The molecule has 0 saturated carbocycles. The Morgan fingerprint density at radius 3 is 2.65 bits per heavy atom. The second kappa shape index (κ2) is 6.75. The number of fused-ring (bicyclic) bond motifs is 1. The molecular weight excluding hydrogens is 377 g/mol. The Labute approximate surface area is 156 Å². The summed E-state index contributed by atoms with van der Waals surface area (Å²) in [4.78, 5) is 10.9. The first-order valence-electron chi connectivity index (χ1n) is 7.64. The lowest BCUT2D eigenvalue weighted by molar-refractivity contribution is -0.114. The van der Waals surface area contributed by atoms with Crippen LogP contribution < -0.4 is 10.8 Å². The van der Waals surface area contributed by atoms with Crippen LogP contribution in [0.1, 0.15) is 18.1 Å². The topological polar surface area (TPSA) is 99.1 Å². The van der Waals surface area contributed by atoms with Crippen LogP contribution in [0.3, 0.4) is 0 Å². The Hall–Kier alpha value is -2.36. The van der Waals surface area contributed by atoms with Crippen molar-refractivity contribution < 1.29 is 18.2 Å². The van der Waals surface area contributed by atoms with Gasteiger partial charge in [0.2, 0.25) is 5.91 Å². The van der Waals surface area contributed by atoms with E-state index in [0.717, 1.165) is 5.56 Å². The number of anilines is 1. The molecule has 0 radical (unpaired) electrons. The van der Waals surface area contributed by atoms with E-state index < -0.39 is 17.1 Å². The highest BCUT2D eigenvalue weighted by atomic mass is 35.5. The minimum atomic E-state index is -4.20. The lowest BCUT2D eigenvalue weighted by atomic mass is 9.71. The van der Waals surface area contributed by atoms with Crippen LogP contribution in [0.15, 0.2) is 46.4 Å². The maximum absolute atomic E-state index is 12.9. The summed E-state index contributed by atoms with van der Waals surface area (Å²) in [6.07, 6.45) is 1.38. The molecule has 134 valence electrons. The van der Waals surface area contributed by atoms with Crippen LogP contribution in [0.4, 0.5) is 5.69 Å². The van der Waals surface area contributed by atoms with Gasteiger partial charge in [0, 0.05) is 12.6 Å². The van der Waals surface area contributed by atoms with Crippen LogP contribution in [0, 0.1) is 6.92 Å². The third-order valence-electron chi connectivity index (χ3n) is 3.82. The van der Waals surface area contributed by atoms with Crippen molar-refractivity contribution in [1.29, 1.82) is 0 Å². The predicted octanol–water partition coefficient (Wildman–Crippen LogP) is 1.33. The fraction of sp³-hybridized carbons (Fsp3) is 0.125. The number of nitrogens with one attached hydrogen (secondary N) is 1. The third kappa shape index (κ3) is 3.33. The van der Waals surface area contributed by atoms with E-state index in [4.69, 9.17) is 11.6 Å². The number of aryl methyl sites for hydroxylation is 1. The number of hydrogen-bond donors (Lipinski definition) is 2. The van der Waals surface area contributed by atoms with Gasteiger partial charge in [-0.3, -0.25) is 4.79 Å². The highest BCUT2D eigenvalue weighted by Gasteiger charge is 2.39. The number of halogens is 1. The Bertz CT molecular complexity index is 1030. The predicted molar refractivity (Wildman–Crippen MR) is 101 cm³/mol. The SMILES string of the molecule is CC(=O)Nc1ccc(S(=O)(=O)N2N=Cc3cc(C)ccc3B2O)c(Cl)c1. The molecule has 0 saturated heterocycles. The van der Waals surface area contributed by atoms with E-state index in [1.165, 1.54) is 31.3 Å². The van der Waals surface area contributed by atoms with Gasteiger partial charge in [0.05, 0.1) is 11.2 Å². The fourth-order valence-electron chi connectivity index (χ4n) is 2.63. The summed E-state index contributed by atoms with van der Waals surface area (Å²) in [5.41, 5.74) is 2.41. The minimum absolute atomic E-state index is 0.0895.